The molecule has 134 valence electrons. The number of amides is 1. The van der Waals surface area contributed by atoms with Gasteiger partial charge in [-0.05, 0) is 74.0 Å². The molecule has 1 atom stereocenters. The summed E-state index contributed by atoms with van der Waals surface area (Å²) in [6, 6.07) is 8.28. The number of carbonyl (C=O) groups excluding carboxylic acids is 1. The molecule has 1 saturated heterocycles. The van der Waals surface area contributed by atoms with Crippen molar-refractivity contribution < 1.29 is 14.3 Å². The van der Waals surface area contributed by atoms with E-state index in [1.807, 2.05) is 17.5 Å². The second-order valence-electron chi connectivity index (χ2n) is 6.58. The first-order chi connectivity index (χ1) is 12.0. The van der Waals surface area contributed by atoms with E-state index >= 15 is 0 Å². The molecular weight excluding hydrogens is 339 g/mol. The van der Waals surface area contributed by atoms with E-state index in [1.165, 1.54) is 12.1 Å². The van der Waals surface area contributed by atoms with Crippen LogP contribution in [0.4, 0.5) is 10.1 Å². The summed E-state index contributed by atoms with van der Waals surface area (Å²) < 4.78 is 13.1. The van der Waals surface area contributed by atoms with Crippen LogP contribution in [0.15, 0.2) is 35.7 Å². The quantitative estimate of drug-likeness (QED) is 0.855. The molecule has 1 unspecified atom stereocenters. The Labute approximate surface area is 151 Å². The molecule has 0 bridgehead atoms. The number of benzene rings is 1. The summed E-state index contributed by atoms with van der Waals surface area (Å²) in [5, 5.41) is 15.3. The van der Waals surface area contributed by atoms with Crippen LogP contribution in [0.2, 0.25) is 0 Å². The first-order valence-electron chi connectivity index (χ1n) is 8.53. The van der Waals surface area contributed by atoms with E-state index in [0.717, 1.165) is 30.8 Å². The summed E-state index contributed by atoms with van der Waals surface area (Å²) in [5.74, 6) is -0.147. The fraction of sp³-hybridized carbons (Fsp3) is 0.421. The van der Waals surface area contributed by atoms with E-state index < -0.39 is 6.10 Å². The zero-order chi connectivity index (χ0) is 17.8. The Bertz CT molecular complexity index is 712. The van der Waals surface area contributed by atoms with Crippen LogP contribution < -0.4 is 5.32 Å². The number of aliphatic hydroxyl groups excluding tert-OH is 1. The van der Waals surface area contributed by atoms with Crippen molar-refractivity contribution in [1.29, 1.82) is 0 Å². The Balaban J connectivity index is 1.47. The van der Waals surface area contributed by atoms with Gasteiger partial charge in [-0.15, -0.1) is 11.3 Å². The number of rotatable bonds is 5. The van der Waals surface area contributed by atoms with Gasteiger partial charge in [-0.1, -0.05) is 6.07 Å². The molecule has 0 saturated carbocycles. The molecule has 1 fully saturated rings. The van der Waals surface area contributed by atoms with E-state index in [9.17, 15) is 14.3 Å². The molecule has 0 aliphatic carbocycles. The Morgan fingerprint density at radius 1 is 1.40 bits per heavy atom. The highest BCUT2D eigenvalue weighted by Gasteiger charge is 2.27. The third-order valence-electron chi connectivity index (χ3n) is 4.74. The molecule has 3 rings (SSSR count). The van der Waals surface area contributed by atoms with Crippen molar-refractivity contribution in [3.8, 4) is 0 Å². The van der Waals surface area contributed by atoms with Crippen LogP contribution in [0.25, 0.3) is 0 Å². The standard InChI is InChI=1S/C19H23FN2O2S/c1-13-11-15(20)4-5-16(13)21-18(23)12-22-8-6-14(7-9-22)19(24)17-3-2-10-25-17/h2-5,10-11,14,19,24H,6-9,12H2,1H3,(H,21,23). The lowest BCUT2D eigenvalue weighted by Crippen LogP contribution is -2.40. The predicted octanol–water partition coefficient (Wildman–Crippen LogP) is 3.58. The SMILES string of the molecule is Cc1cc(F)ccc1NC(=O)CN1CCC(C(O)c2cccs2)CC1. The van der Waals surface area contributed by atoms with Crippen molar-refractivity contribution in [2.45, 2.75) is 25.9 Å². The fourth-order valence-electron chi connectivity index (χ4n) is 3.28. The molecule has 1 aromatic heterocycles. The van der Waals surface area contributed by atoms with Gasteiger partial charge >= 0.3 is 0 Å². The molecule has 2 N–H and O–H groups in total. The zero-order valence-corrected chi connectivity index (χ0v) is 15.1. The average molecular weight is 362 g/mol. The highest BCUT2D eigenvalue weighted by molar-refractivity contribution is 7.10. The maximum atomic E-state index is 13.1. The number of halogens is 1. The molecule has 1 aliphatic rings. The summed E-state index contributed by atoms with van der Waals surface area (Å²) in [6.07, 6.45) is 1.35. The number of aryl methyl sites for hydroxylation is 1. The Hall–Kier alpha value is -1.76. The Morgan fingerprint density at radius 2 is 2.16 bits per heavy atom. The molecular formula is C19H23FN2O2S. The summed E-state index contributed by atoms with van der Waals surface area (Å²) in [6.45, 7) is 3.68. The number of aliphatic hydroxyl groups is 1. The summed E-state index contributed by atoms with van der Waals surface area (Å²) in [7, 11) is 0. The number of hydrogen-bond acceptors (Lipinski definition) is 4. The number of hydrogen-bond donors (Lipinski definition) is 2. The molecule has 1 aromatic carbocycles. The topological polar surface area (TPSA) is 52.6 Å². The Morgan fingerprint density at radius 3 is 2.80 bits per heavy atom. The van der Waals surface area contributed by atoms with Crippen LogP contribution in [0, 0.1) is 18.7 Å². The summed E-state index contributed by atoms with van der Waals surface area (Å²) >= 11 is 1.59. The van der Waals surface area contributed by atoms with Crippen molar-refractivity contribution >= 4 is 22.9 Å². The van der Waals surface area contributed by atoms with Crippen molar-refractivity contribution in [1.82, 2.24) is 4.90 Å². The highest BCUT2D eigenvalue weighted by Crippen LogP contribution is 2.32. The monoisotopic (exact) mass is 362 g/mol. The molecule has 4 nitrogen and oxygen atoms in total. The smallest absolute Gasteiger partial charge is 0.238 e. The molecule has 0 radical (unpaired) electrons. The number of likely N-dealkylation sites (tertiary alicyclic amines) is 1. The number of nitrogens with one attached hydrogen (secondary N) is 1. The number of carbonyl (C=O) groups is 1. The molecule has 25 heavy (non-hydrogen) atoms. The molecule has 6 heteroatoms. The second kappa shape index (κ2) is 8.08. The largest absolute Gasteiger partial charge is 0.387 e. The van der Waals surface area contributed by atoms with Gasteiger partial charge in [0, 0.05) is 10.6 Å². The highest BCUT2D eigenvalue weighted by atomic mass is 32.1. The van der Waals surface area contributed by atoms with Crippen molar-refractivity contribution in [3.63, 3.8) is 0 Å². The van der Waals surface area contributed by atoms with Crippen LogP contribution in [0.1, 0.15) is 29.4 Å². The van der Waals surface area contributed by atoms with Gasteiger partial charge in [-0.2, -0.15) is 0 Å². The number of nitrogens with zero attached hydrogens (tertiary/aromatic N) is 1. The van der Waals surface area contributed by atoms with Gasteiger partial charge in [0.15, 0.2) is 0 Å². The van der Waals surface area contributed by atoms with Crippen molar-refractivity contribution in [2.24, 2.45) is 5.92 Å². The Kier molecular flexibility index (Phi) is 5.83. The summed E-state index contributed by atoms with van der Waals surface area (Å²) in [5.41, 5.74) is 1.36. The van der Waals surface area contributed by atoms with Crippen molar-refractivity contribution in [2.75, 3.05) is 25.0 Å². The maximum absolute atomic E-state index is 13.1. The lowest BCUT2D eigenvalue weighted by atomic mass is 9.90. The maximum Gasteiger partial charge on any atom is 0.238 e. The van der Waals surface area contributed by atoms with Crippen LogP contribution in [-0.2, 0) is 4.79 Å². The first-order valence-corrected chi connectivity index (χ1v) is 9.40. The minimum Gasteiger partial charge on any atom is -0.387 e. The van der Waals surface area contributed by atoms with Gasteiger partial charge in [0.1, 0.15) is 5.82 Å². The minimum atomic E-state index is -0.405. The van der Waals surface area contributed by atoms with Crippen LogP contribution in [0.3, 0.4) is 0 Å². The average Bonchev–Trinajstić information content (AvgIpc) is 3.12. The lowest BCUT2D eigenvalue weighted by molar-refractivity contribution is -0.117. The zero-order valence-electron chi connectivity index (χ0n) is 14.2. The van der Waals surface area contributed by atoms with Gasteiger partial charge in [0.25, 0.3) is 0 Å². The summed E-state index contributed by atoms with van der Waals surface area (Å²) in [4.78, 5) is 15.3. The molecule has 1 aliphatic heterocycles. The van der Waals surface area contributed by atoms with Gasteiger partial charge in [0.2, 0.25) is 5.91 Å². The third-order valence-corrected chi connectivity index (χ3v) is 5.69. The molecule has 2 heterocycles. The van der Waals surface area contributed by atoms with E-state index in [4.69, 9.17) is 0 Å². The van der Waals surface area contributed by atoms with Gasteiger partial charge in [-0.3, -0.25) is 9.69 Å². The normalized spacial score (nSPS) is 17.4. The third kappa shape index (κ3) is 4.66. The van der Waals surface area contributed by atoms with Crippen LogP contribution in [0.5, 0.6) is 0 Å². The van der Waals surface area contributed by atoms with Crippen LogP contribution >= 0.6 is 11.3 Å². The van der Waals surface area contributed by atoms with Gasteiger partial charge in [-0.25, -0.2) is 4.39 Å². The second-order valence-corrected chi connectivity index (χ2v) is 7.56. The molecule has 0 spiro atoms. The molecule has 1 amide bonds. The minimum absolute atomic E-state index is 0.0908. The van der Waals surface area contributed by atoms with Crippen molar-refractivity contribution in [3.05, 3.63) is 52.0 Å². The first kappa shape index (κ1) is 18.0. The van der Waals surface area contributed by atoms with Gasteiger partial charge < -0.3 is 10.4 Å². The number of anilines is 1. The predicted molar refractivity (Wildman–Crippen MR) is 98.2 cm³/mol. The van der Waals surface area contributed by atoms with Crippen LogP contribution in [-0.4, -0.2) is 35.5 Å². The van der Waals surface area contributed by atoms with E-state index in [0.29, 0.717) is 17.8 Å². The van der Waals surface area contributed by atoms with E-state index in [-0.39, 0.29) is 17.6 Å². The fourth-order valence-corrected chi connectivity index (χ4v) is 4.08. The molecule has 2 aromatic rings. The number of piperidine rings is 1. The van der Waals surface area contributed by atoms with E-state index in [2.05, 4.69) is 10.2 Å². The van der Waals surface area contributed by atoms with E-state index in [1.54, 1.807) is 24.3 Å². The number of thiophene rings is 1. The lowest BCUT2D eigenvalue weighted by Gasteiger charge is -2.33. The van der Waals surface area contributed by atoms with Gasteiger partial charge in [0.05, 0.1) is 12.6 Å².